The van der Waals surface area contributed by atoms with Crippen LogP contribution >= 0.6 is 0 Å². The van der Waals surface area contributed by atoms with Crippen LogP contribution in [0.1, 0.15) is 15.9 Å². The summed E-state index contributed by atoms with van der Waals surface area (Å²) >= 11 is 0. The number of fused-ring (bicyclic) bond motifs is 1. The molecular weight excluding hydrogens is 472 g/mol. The average Bonchev–Trinajstić information content (AvgIpc) is 2.86. The van der Waals surface area contributed by atoms with E-state index in [1.54, 1.807) is 18.2 Å². The number of anilines is 2. The van der Waals surface area contributed by atoms with Gasteiger partial charge in [-0.25, -0.2) is 8.42 Å². The van der Waals surface area contributed by atoms with E-state index in [1.165, 1.54) is 30.7 Å². The van der Waals surface area contributed by atoms with Crippen molar-refractivity contribution in [1.29, 1.82) is 0 Å². The number of hydrogen-bond acceptors (Lipinski definition) is 7. The van der Waals surface area contributed by atoms with Crippen LogP contribution < -0.4 is 28.6 Å². The van der Waals surface area contributed by atoms with Crippen molar-refractivity contribution in [3.05, 3.63) is 71.8 Å². The Morgan fingerprint density at radius 2 is 1.60 bits per heavy atom. The molecule has 184 valence electrons. The summed E-state index contributed by atoms with van der Waals surface area (Å²) < 4.78 is 48.8. The number of hydrogen-bond donors (Lipinski definition) is 1. The van der Waals surface area contributed by atoms with E-state index in [-0.39, 0.29) is 23.5 Å². The van der Waals surface area contributed by atoms with Crippen LogP contribution in [0.25, 0.3) is 0 Å². The van der Waals surface area contributed by atoms with Gasteiger partial charge < -0.3 is 24.3 Å². The zero-order valence-corrected chi connectivity index (χ0v) is 20.4. The van der Waals surface area contributed by atoms with E-state index in [4.69, 9.17) is 18.9 Å². The van der Waals surface area contributed by atoms with Crippen LogP contribution in [0.3, 0.4) is 0 Å². The molecular formula is C25H26N2O7S. The lowest BCUT2D eigenvalue weighted by atomic mass is 10.1. The van der Waals surface area contributed by atoms with Gasteiger partial charge in [0.25, 0.3) is 5.91 Å². The lowest BCUT2D eigenvalue weighted by Crippen LogP contribution is -2.31. The van der Waals surface area contributed by atoms with Crippen LogP contribution in [0.5, 0.6) is 23.0 Å². The SMILES string of the molecule is COc1cc(C(=O)Nc2ccc3c(c2)OCCO3)c(N(Cc2ccccc2)S(C)(=O)=O)cc1OC. The first-order valence-corrected chi connectivity index (χ1v) is 12.6. The summed E-state index contributed by atoms with van der Waals surface area (Å²) in [4.78, 5) is 13.5. The second-order valence-electron chi connectivity index (χ2n) is 7.79. The molecule has 0 spiro atoms. The number of ether oxygens (including phenoxy) is 4. The molecule has 0 unspecified atom stereocenters. The zero-order chi connectivity index (χ0) is 25.0. The molecule has 0 saturated heterocycles. The second kappa shape index (κ2) is 10.1. The van der Waals surface area contributed by atoms with E-state index in [0.717, 1.165) is 11.8 Å². The van der Waals surface area contributed by atoms with E-state index in [0.29, 0.717) is 36.1 Å². The monoisotopic (exact) mass is 498 g/mol. The number of methoxy groups -OCH3 is 2. The molecule has 35 heavy (non-hydrogen) atoms. The number of amides is 1. The number of carbonyl (C=O) groups excluding carboxylic acids is 1. The molecule has 0 fully saturated rings. The van der Waals surface area contributed by atoms with Crippen molar-refractivity contribution < 1.29 is 32.2 Å². The van der Waals surface area contributed by atoms with Gasteiger partial charge in [0.15, 0.2) is 23.0 Å². The zero-order valence-electron chi connectivity index (χ0n) is 19.6. The first-order valence-electron chi connectivity index (χ1n) is 10.8. The molecule has 1 aliphatic heterocycles. The maximum atomic E-state index is 13.5. The standard InChI is InChI=1S/C25H26N2O7S/c1-31-22-14-19(25(28)26-18-9-10-21-24(13-18)34-12-11-33-21)20(15-23(22)32-2)27(35(3,29)30)16-17-7-5-4-6-8-17/h4-10,13-15H,11-12,16H2,1-3H3,(H,26,28). The number of nitrogens with one attached hydrogen (secondary N) is 1. The molecule has 9 nitrogen and oxygen atoms in total. The third kappa shape index (κ3) is 5.43. The fourth-order valence-corrected chi connectivity index (χ4v) is 4.60. The topological polar surface area (TPSA) is 103 Å². The van der Waals surface area contributed by atoms with Crippen molar-refractivity contribution in [1.82, 2.24) is 0 Å². The van der Waals surface area contributed by atoms with Crippen LogP contribution in [0.15, 0.2) is 60.7 Å². The summed E-state index contributed by atoms with van der Waals surface area (Å²) in [6.45, 7) is 0.892. The van der Waals surface area contributed by atoms with Crippen molar-refractivity contribution in [2.45, 2.75) is 6.54 Å². The second-order valence-corrected chi connectivity index (χ2v) is 9.70. The largest absolute Gasteiger partial charge is 0.493 e. The van der Waals surface area contributed by atoms with Gasteiger partial charge in [-0.1, -0.05) is 30.3 Å². The van der Waals surface area contributed by atoms with Gasteiger partial charge in [-0.05, 0) is 23.8 Å². The van der Waals surface area contributed by atoms with E-state index in [9.17, 15) is 13.2 Å². The molecule has 0 aliphatic carbocycles. The van der Waals surface area contributed by atoms with Crippen LogP contribution in [-0.2, 0) is 16.6 Å². The van der Waals surface area contributed by atoms with Gasteiger partial charge in [0.1, 0.15) is 13.2 Å². The van der Waals surface area contributed by atoms with E-state index < -0.39 is 15.9 Å². The summed E-state index contributed by atoms with van der Waals surface area (Å²) in [6, 6.07) is 17.1. The number of carbonyl (C=O) groups is 1. The summed E-state index contributed by atoms with van der Waals surface area (Å²) in [7, 11) is -0.895. The van der Waals surface area contributed by atoms with E-state index in [2.05, 4.69) is 5.32 Å². The van der Waals surface area contributed by atoms with Gasteiger partial charge in [0, 0.05) is 17.8 Å². The highest BCUT2D eigenvalue weighted by Gasteiger charge is 2.27. The molecule has 1 N–H and O–H groups in total. The molecule has 10 heteroatoms. The van der Waals surface area contributed by atoms with E-state index in [1.807, 2.05) is 30.3 Å². The Balaban J connectivity index is 1.77. The first-order chi connectivity index (χ1) is 16.8. The molecule has 1 aliphatic rings. The first kappa shape index (κ1) is 24.2. The van der Waals surface area contributed by atoms with Gasteiger partial charge in [-0.3, -0.25) is 9.10 Å². The van der Waals surface area contributed by atoms with Crippen molar-refractivity contribution in [2.24, 2.45) is 0 Å². The van der Waals surface area contributed by atoms with Crippen LogP contribution in [0.2, 0.25) is 0 Å². The predicted octanol–water partition coefficient (Wildman–Crippen LogP) is 3.69. The third-order valence-electron chi connectivity index (χ3n) is 5.38. The normalized spacial score (nSPS) is 12.5. The van der Waals surface area contributed by atoms with Gasteiger partial charge in [-0.15, -0.1) is 0 Å². The summed E-state index contributed by atoms with van der Waals surface area (Å²) in [6.07, 6.45) is 1.09. The van der Waals surface area contributed by atoms with Gasteiger partial charge in [0.05, 0.1) is 38.3 Å². The summed E-state index contributed by atoms with van der Waals surface area (Å²) in [5.74, 6) is 1.16. The number of rotatable bonds is 8. The van der Waals surface area contributed by atoms with Crippen molar-refractivity contribution in [2.75, 3.05) is 43.3 Å². The fraction of sp³-hybridized carbons (Fsp3) is 0.240. The van der Waals surface area contributed by atoms with Crippen molar-refractivity contribution in [3.63, 3.8) is 0 Å². The van der Waals surface area contributed by atoms with Crippen LogP contribution in [0, 0.1) is 0 Å². The minimum atomic E-state index is -3.78. The number of benzene rings is 3. The highest BCUT2D eigenvalue weighted by molar-refractivity contribution is 7.92. The van der Waals surface area contributed by atoms with Crippen molar-refractivity contribution in [3.8, 4) is 23.0 Å². The minimum Gasteiger partial charge on any atom is -0.493 e. The summed E-state index contributed by atoms with van der Waals surface area (Å²) in [5.41, 5.74) is 1.47. The Kier molecular flexibility index (Phi) is 7.02. The van der Waals surface area contributed by atoms with Crippen LogP contribution in [-0.4, -0.2) is 48.0 Å². The molecule has 0 bridgehead atoms. The van der Waals surface area contributed by atoms with E-state index >= 15 is 0 Å². The van der Waals surface area contributed by atoms with Gasteiger partial charge in [0.2, 0.25) is 10.0 Å². The Bertz CT molecular complexity index is 1330. The molecule has 1 heterocycles. The maximum Gasteiger partial charge on any atom is 0.257 e. The molecule has 0 aromatic heterocycles. The predicted molar refractivity (Wildman–Crippen MR) is 132 cm³/mol. The Labute approximate surface area is 204 Å². The van der Waals surface area contributed by atoms with Crippen LogP contribution in [0.4, 0.5) is 11.4 Å². The molecule has 3 aromatic rings. The average molecular weight is 499 g/mol. The molecule has 4 rings (SSSR count). The number of sulfonamides is 1. The highest BCUT2D eigenvalue weighted by atomic mass is 32.2. The maximum absolute atomic E-state index is 13.5. The smallest absolute Gasteiger partial charge is 0.257 e. The minimum absolute atomic E-state index is 0.0272. The Morgan fingerprint density at radius 1 is 0.943 bits per heavy atom. The molecule has 1 amide bonds. The lowest BCUT2D eigenvalue weighted by Gasteiger charge is -2.26. The Hall–Kier alpha value is -3.92. The van der Waals surface area contributed by atoms with Gasteiger partial charge >= 0.3 is 0 Å². The van der Waals surface area contributed by atoms with Crippen molar-refractivity contribution >= 4 is 27.3 Å². The highest BCUT2D eigenvalue weighted by Crippen LogP contribution is 2.38. The quantitative estimate of drug-likeness (QED) is 0.505. The molecule has 0 atom stereocenters. The third-order valence-corrected chi connectivity index (χ3v) is 6.51. The number of nitrogens with zero attached hydrogens (tertiary/aromatic N) is 1. The summed E-state index contributed by atoms with van der Waals surface area (Å²) in [5, 5.41) is 2.82. The molecule has 0 radical (unpaired) electrons. The molecule has 0 saturated carbocycles. The molecule has 3 aromatic carbocycles. The lowest BCUT2D eigenvalue weighted by molar-refractivity contribution is 0.102. The fourth-order valence-electron chi connectivity index (χ4n) is 3.71. The van der Waals surface area contributed by atoms with Gasteiger partial charge in [-0.2, -0.15) is 0 Å². The Morgan fingerprint density at radius 3 is 2.26 bits per heavy atom.